The lowest BCUT2D eigenvalue weighted by Gasteiger charge is -2.50. The van der Waals surface area contributed by atoms with Gasteiger partial charge in [-0.05, 0) is 107 Å². The van der Waals surface area contributed by atoms with Gasteiger partial charge >= 0.3 is 0 Å². The molecule has 4 aliphatic rings. The van der Waals surface area contributed by atoms with Crippen molar-refractivity contribution < 1.29 is 4.74 Å². The number of rotatable bonds is 4. The lowest BCUT2D eigenvalue weighted by atomic mass is 9.62. The van der Waals surface area contributed by atoms with Gasteiger partial charge in [0.15, 0.2) is 0 Å². The molecule has 4 saturated carbocycles. The summed E-state index contributed by atoms with van der Waals surface area (Å²) in [5.41, 5.74) is 2.74. The van der Waals surface area contributed by atoms with Crippen molar-refractivity contribution in [2.75, 3.05) is 7.11 Å². The third-order valence-corrected chi connectivity index (χ3v) is 18.5. The fraction of sp³-hybridized carbons (Fsp3) is 0.824. The van der Waals surface area contributed by atoms with E-state index < -0.39 is 8.07 Å². The van der Waals surface area contributed by atoms with E-state index in [0.717, 1.165) is 46.6 Å². The molecule has 4 aliphatic carbocycles. The van der Waals surface area contributed by atoms with E-state index >= 15 is 0 Å². The third-order valence-electron chi connectivity index (χ3n) is 12.4. The van der Waals surface area contributed by atoms with E-state index in [9.17, 15) is 0 Å². The molecule has 0 saturated heterocycles. The Labute approximate surface area is 224 Å². The lowest BCUT2D eigenvalue weighted by molar-refractivity contribution is 0.0722. The van der Waals surface area contributed by atoms with Gasteiger partial charge in [-0.1, -0.05) is 92.0 Å². The molecular weight excluding hydrogens is 452 g/mol. The van der Waals surface area contributed by atoms with Gasteiger partial charge in [-0.15, -0.1) is 0 Å². The summed E-state index contributed by atoms with van der Waals surface area (Å²) in [7, 11) is 0.0818. The van der Waals surface area contributed by atoms with Crippen LogP contribution in [-0.4, -0.2) is 15.2 Å². The van der Waals surface area contributed by atoms with Crippen molar-refractivity contribution in [1.29, 1.82) is 0 Å². The molecule has 0 amide bonds. The van der Waals surface area contributed by atoms with Crippen LogP contribution in [0.2, 0.25) is 17.6 Å². The van der Waals surface area contributed by atoms with E-state index in [1.807, 2.05) is 7.11 Å². The standard InChI is InChI=1S/C34H56OSi/c1-33(2,3)23-17-19-26-27-20-18-24(34(4,5)6)22-29(27)32(28(26)21-23)36(8,25-13-9-10-14-25)31-16-12-11-15-30(31)35-7/h11-12,15-16,23-29,32H,9-10,13-14,17-22H2,1-8H3. The van der Waals surface area contributed by atoms with Crippen LogP contribution >= 0.6 is 0 Å². The van der Waals surface area contributed by atoms with Crippen LogP contribution in [0.1, 0.15) is 106 Å². The Morgan fingerprint density at radius 3 is 1.67 bits per heavy atom. The van der Waals surface area contributed by atoms with E-state index in [1.165, 1.54) is 70.0 Å². The number of benzene rings is 1. The Kier molecular flexibility index (Phi) is 7.28. The van der Waals surface area contributed by atoms with Crippen molar-refractivity contribution in [3.63, 3.8) is 0 Å². The van der Waals surface area contributed by atoms with Gasteiger partial charge in [0.2, 0.25) is 0 Å². The Bertz CT molecular complexity index is 864. The Balaban J connectivity index is 1.64. The maximum absolute atomic E-state index is 6.17. The quantitative estimate of drug-likeness (QED) is 0.368. The minimum atomic E-state index is -1.84. The second-order valence-corrected chi connectivity index (χ2v) is 20.5. The average Bonchev–Trinajstić information content (AvgIpc) is 3.49. The van der Waals surface area contributed by atoms with Crippen LogP contribution in [0.5, 0.6) is 5.75 Å². The van der Waals surface area contributed by atoms with Crippen LogP contribution < -0.4 is 9.92 Å². The number of methoxy groups -OCH3 is 1. The molecule has 0 heterocycles. The summed E-state index contributed by atoms with van der Waals surface area (Å²) in [4.78, 5) is 0. The molecule has 0 aliphatic heterocycles. The van der Waals surface area contributed by atoms with Gasteiger partial charge in [-0.3, -0.25) is 0 Å². The fourth-order valence-electron chi connectivity index (χ4n) is 10.4. The molecule has 4 fully saturated rings. The normalized spacial score (nSPS) is 37.3. The van der Waals surface area contributed by atoms with Crippen molar-refractivity contribution in [2.45, 2.75) is 123 Å². The molecule has 5 rings (SSSR count). The molecular formula is C34H56OSi. The molecule has 36 heavy (non-hydrogen) atoms. The number of hydrogen-bond acceptors (Lipinski definition) is 1. The third kappa shape index (κ3) is 4.54. The van der Waals surface area contributed by atoms with Crippen LogP contribution in [-0.2, 0) is 0 Å². The molecule has 0 bridgehead atoms. The van der Waals surface area contributed by atoms with E-state index in [0.29, 0.717) is 10.8 Å². The highest BCUT2D eigenvalue weighted by Crippen LogP contribution is 2.68. The molecule has 7 unspecified atom stereocenters. The molecule has 1 nitrogen and oxygen atoms in total. The Hall–Kier alpha value is -0.763. The molecule has 202 valence electrons. The van der Waals surface area contributed by atoms with Gasteiger partial charge in [-0.25, -0.2) is 0 Å². The predicted molar refractivity (Wildman–Crippen MR) is 158 cm³/mol. The zero-order chi connectivity index (χ0) is 25.9. The maximum atomic E-state index is 6.17. The van der Waals surface area contributed by atoms with Crippen molar-refractivity contribution in [1.82, 2.24) is 0 Å². The van der Waals surface area contributed by atoms with Crippen molar-refractivity contribution in [2.24, 2.45) is 46.3 Å². The van der Waals surface area contributed by atoms with Crippen LogP contribution in [0.15, 0.2) is 24.3 Å². The number of hydrogen-bond donors (Lipinski definition) is 0. The van der Waals surface area contributed by atoms with Gasteiger partial charge in [0.1, 0.15) is 5.75 Å². The Morgan fingerprint density at radius 2 is 1.19 bits per heavy atom. The second kappa shape index (κ2) is 9.76. The average molecular weight is 509 g/mol. The van der Waals surface area contributed by atoms with Crippen LogP contribution in [0.3, 0.4) is 0 Å². The summed E-state index contributed by atoms with van der Waals surface area (Å²) in [6.45, 7) is 18.0. The molecule has 1 aromatic rings. The molecule has 0 N–H and O–H groups in total. The predicted octanol–water partition coefficient (Wildman–Crippen LogP) is 9.47. The SMILES string of the molecule is COc1ccccc1[Si](C)(C1CCCC1)C1C2CC(C(C)(C)C)CCC2C2CCC(C(C)(C)C)CC21. The van der Waals surface area contributed by atoms with Gasteiger partial charge in [0.05, 0.1) is 15.2 Å². The summed E-state index contributed by atoms with van der Waals surface area (Å²) in [6.07, 6.45) is 14.8. The highest BCUT2D eigenvalue weighted by atomic mass is 28.3. The van der Waals surface area contributed by atoms with E-state index in [1.54, 1.807) is 5.19 Å². The smallest absolute Gasteiger partial charge is 0.118 e. The highest BCUT2D eigenvalue weighted by Gasteiger charge is 2.62. The summed E-state index contributed by atoms with van der Waals surface area (Å²) in [6, 6.07) is 9.36. The number of fused-ring (bicyclic) bond motifs is 3. The first-order valence-electron chi connectivity index (χ1n) is 15.6. The maximum Gasteiger partial charge on any atom is 0.118 e. The number of para-hydroxylation sites is 1. The van der Waals surface area contributed by atoms with Crippen LogP contribution in [0, 0.1) is 46.3 Å². The van der Waals surface area contributed by atoms with Crippen molar-refractivity contribution in [3.8, 4) is 5.75 Å². The van der Waals surface area contributed by atoms with Gasteiger partial charge in [0, 0.05) is 0 Å². The van der Waals surface area contributed by atoms with E-state index in [2.05, 4.69) is 72.4 Å². The molecule has 2 heteroatoms. The van der Waals surface area contributed by atoms with Crippen LogP contribution in [0.25, 0.3) is 0 Å². The largest absolute Gasteiger partial charge is 0.497 e. The summed E-state index contributed by atoms with van der Waals surface area (Å²) < 4.78 is 6.17. The summed E-state index contributed by atoms with van der Waals surface area (Å²) in [5, 5.41) is 1.68. The first-order valence-corrected chi connectivity index (χ1v) is 18.2. The fourth-order valence-corrected chi connectivity index (χ4v) is 17.1. The monoisotopic (exact) mass is 508 g/mol. The minimum Gasteiger partial charge on any atom is -0.497 e. The Morgan fingerprint density at radius 1 is 0.694 bits per heavy atom. The molecule has 7 atom stereocenters. The van der Waals surface area contributed by atoms with Gasteiger partial charge in [0.25, 0.3) is 0 Å². The van der Waals surface area contributed by atoms with Crippen molar-refractivity contribution >= 4 is 13.3 Å². The zero-order valence-electron chi connectivity index (χ0n) is 24.9. The molecule has 1 aromatic carbocycles. The van der Waals surface area contributed by atoms with E-state index in [4.69, 9.17) is 4.74 Å². The molecule has 0 aromatic heterocycles. The van der Waals surface area contributed by atoms with Crippen molar-refractivity contribution in [3.05, 3.63) is 24.3 Å². The minimum absolute atomic E-state index is 0.437. The topological polar surface area (TPSA) is 9.23 Å². The van der Waals surface area contributed by atoms with E-state index in [-0.39, 0.29) is 0 Å². The lowest BCUT2D eigenvalue weighted by Crippen LogP contribution is -2.56. The first-order chi connectivity index (χ1) is 17.0. The second-order valence-electron chi connectivity index (χ2n) is 15.9. The molecule has 0 spiro atoms. The van der Waals surface area contributed by atoms with Crippen LogP contribution in [0.4, 0.5) is 0 Å². The van der Waals surface area contributed by atoms with Gasteiger partial charge < -0.3 is 4.74 Å². The molecule has 0 radical (unpaired) electrons. The van der Waals surface area contributed by atoms with Gasteiger partial charge in [-0.2, -0.15) is 0 Å². The summed E-state index contributed by atoms with van der Waals surface area (Å²) in [5.74, 6) is 6.85. The summed E-state index contributed by atoms with van der Waals surface area (Å²) >= 11 is 0. The first kappa shape index (κ1) is 26.8. The zero-order valence-corrected chi connectivity index (χ0v) is 25.9. The highest BCUT2D eigenvalue weighted by molar-refractivity contribution is 6.94. The number of ether oxygens (including phenoxy) is 1.